The third-order valence-corrected chi connectivity index (χ3v) is 3.48. The van der Waals surface area contributed by atoms with Crippen LogP contribution in [0.2, 0.25) is 10.0 Å². The molecule has 0 bridgehead atoms. The molecule has 0 fully saturated rings. The minimum atomic E-state index is -4.09. The van der Waals surface area contributed by atoms with E-state index < -0.39 is 26.8 Å². The molecule has 1 aromatic rings. The molecule has 1 aromatic carbocycles. The van der Waals surface area contributed by atoms with Gasteiger partial charge in [0.1, 0.15) is 4.90 Å². The lowest BCUT2D eigenvalue weighted by Gasteiger charge is -2.06. The van der Waals surface area contributed by atoms with Gasteiger partial charge in [0, 0.05) is 0 Å². The van der Waals surface area contributed by atoms with Crippen LogP contribution in [0.1, 0.15) is 10.4 Å². The van der Waals surface area contributed by atoms with E-state index in [0.717, 1.165) is 12.1 Å². The predicted molar refractivity (Wildman–Crippen MR) is 68.0 cm³/mol. The molecule has 0 saturated heterocycles. The van der Waals surface area contributed by atoms with Crippen LogP contribution < -0.4 is 16.6 Å². The van der Waals surface area contributed by atoms with E-state index in [4.69, 9.17) is 39.8 Å². The number of sulfonamides is 1. The molecule has 0 aliphatic carbocycles. The summed E-state index contributed by atoms with van der Waals surface area (Å²) in [5.41, 5.74) is 9.84. The highest BCUT2D eigenvalue weighted by Crippen LogP contribution is 2.28. The van der Waals surface area contributed by atoms with Crippen LogP contribution in [0, 0.1) is 0 Å². The molecule has 98 valence electrons. The Kier molecular flexibility index (Phi) is 4.17. The Morgan fingerprint density at radius 2 is 1.72 bits per heavy atom. The zero-order chi connectivity index (χ0) is 14.1. The van der Waals surface area contributed by atoms with Gasteiger partial charge >= 0.3 is 0 Å². The second kappa shape index (κ2) is 5.11. The van der Waals surface area contributed by atoms with Gasteiger partial charge in [-0.3, -0.25) is 4.79 Å². The van der Waals surface area contributed by atoms with E-state index in [9.17, 15) is 13.2 Å². The van der Waals surface area contributed by atoms with Gasteiger partial charge in [-0.2, -0.15) is 4.99 Å². The number of carbonyl (C=O) groups excluding carboxylic acids is 1. The molecule has 0 unspecified atom stereocenters. The van der Waals surface area contributed by atoms with E-state index in [0.29, 0.717) is 0 Å². The van der Waals surface area contributed by atoms with Gasteiger partial charge in [0.05, 0.1) is 15.6 Å². The fourth-order valence-corrected chi connectivity index (χ4v) is 2.49. The topological polar surface area (TPSA) is 142 Å². The fraction of sp³-hybridized carbons (Fsp3) is 0. The quantitative estimate of drug-likeness (QED) is 0.522. The first-order valence-electron chi connectivity index (χ1n) is 4.28. The first-order chi connectivity index (χ1) is 8.12. The van der Waals surface area contributed by atoms with Crippen LogP contribution in [0.4, 0.5) is 0 Å². The lowest BCUT2D eigenvalue weighted by molar-refractivity contribution is 0.100. The average molecular weight is 311 g/mol. The monoisotopic (exact) mass is 310 g/mol. The van der Waals surface area contributed by atoms with Crippen molar-refractivity contribution < 1.29 is 13.2 Å². The molecular formula is C8H8Cl2N4O3S. The molecule has 0 aliphatic heterocycles. The summed E-state index contributed by atoms with van der Waals surface area (Å²) in [7, 11) is -4.09. The number of carbonyl (C=O) groups is 1. The minimum Gasteiger partial charge on any atom is -0.370 e. The van der Waals surface area contributed by atoms with Gasteiger partial charge in [0.15, 0.2) is 5.96 Å². The van der Waals surface area contributed by atoms with Crippen molar-refractivity contribution in [3.05, 3.63) is 27.7 Å². The number of benzene rings is 1. The van der Waals surface area contributed by atoms with Crippen LogP contribution in [0.15, 0.2) is 22.0 Å². The number of aliphatic imine (C=N–C) groups is 1. The molecule has 0 radical (unpaired) electrons. The number of primary sulfonamides is 1. The normalized spacial score (nSPS) is 11.1. The Bertz CT molecular complexity index is 638. The van der Waals surface area contributed by atoms with Crippen molar-refractivity contribution in [3.8, 4) is 0 Å². The van der Waals surface area contributed by atoms with Gasteiger partial charge in [0.25, 0.3) is 5.91 Å². The summed E-state index contributed by atoms with van der Waals surface area (Å²) in [4.78, 5) is 14.3. The summed E-state index contributed by atoms with van der Waals surface area (Å²) < 4.78 is 22.4. The average Bonchev–Trinajstić information content (AvgIpc) is 2.13. The molecule has 7 nitrogen and oxygen atoms in total. The summed E-state index contributed by atoms with van der Waals surface area (Å²) in [6.07, 6.45) is 0. The highest BCUT2D eigenvalue weighted by Gasteiger charge is 2.19. The Balaban J connectivity index is 3.49. The van der Waals surface area contributed by atoms with E-state index in [2.05, 4.69) is 4.99 Å². The molecule has 1 rings (SSSR count). The smallest absolute Gasteiger partial charge is 0.281 e. The maximum absolute atomic E-state index is 11.6. The lowest BCUT2D eigenvalue weighted by Crippen LogP contribution is -2.24. The van der Waals surface area contributed by atoms with Crippen LogP contribution in [0.3, 0.4) is 0 Å². The van der Waals surface area contributed by atoms with E-state index in [-0.39, 0.29) is 15.6 Å². The number of nitrogens with zero attached hydrogens (tertiary/aromatic N) is 1. The first-order valence-corrected chi connectivity index (χ1v) is 6.59. The van der Waals surface area contributed by atoms with Gasteiger partial charge in [-0.1, -0.05) is 23.2 Å². The zero-order valence-electron chi connectivity index (χ0n) is 8.72. The maximum Gasteiger partial charge on any atom is 0.281 e. The summed E-state index contributed by atoms with van der Waals surface area (Å²) in [5.74, 6) is -1.38. The Hall–Kier alpha value is -1.35. The van der Waals surface area contributed by atoms with E-state index in [1.54, 1.807) is 0 Å². The molecule has 0 aliphatic rings. The maximum atomic E-state index is 11.6. The molecular weight excluding hydrogens is 303 g/mol. The third kappa shape index (κ3) is 3.33. The van der Waals surface area contributed by atoms with Crippen molar-refractivity contribution >= 4 is 45.1 Å². The SMILES string of the molecule is NC(N)=NC(=O)c1cc(S(N)(=O)=O)c(Cl)cc1Cl. The summed E-state index contributed by atoms with van der Waals surface area (Å²) >= 11 is 11.4. The zero-order valence-corrected chi connectivity index (χ0v) is 11.1. The fourth-order valence-electron chi connectivity index (χ4n) is 1.09. The minimum absolute atomic E-state index is 0.0950. The second-order valence-electron chi connectivity index (χ2n) is 3.15. The Labute approximate surface area is 113 Å². The summed E-state index contributed by atoms with van der Waals surface area (Å²) in [6, 6.07) is 1.98. The number of rotatable bonds is 2. The molecule has 0 spiro atoms. The Morgan fingerprint density at radius 1 is 1.17 bits per heavy atom. The van der Waals surface area contributed by atoms with Crippen molar-refractivity contribution in [3.63, 3.8) is 0 Å². The van der Waals surface area contributed by atoms with Gasteiger partial charge < -0.3 is 11.5 Å². The molecule has 18 heavy (non-hydrogen) atoms. The summed E-state index contributed by atoms with van der Waals surface area (Å²) in [5, 5.41) is 4.63. The number of hydrogen-bond donors (Lipinski definition) is 3. The van der Waals surface area contributed by atoms with Crippen molar-refractivity contribution in [2.75, 3.05) is 0 Å². The number of nitrogens with two attached hydrogens (primary N) is 3. The molecule has 0 saturated carbocycles. The van der Waals surface area contributed by atoms with Gasteiger partial charge in [0.2, 0.25) is 10.0 Å². The molecule has 10 heteroatoms. The lowest BCUT2D eigenvalue weighted by atomic mass is 10.2. The molecule has 0 heterocycles. The standard InChI is InChI=1S/C8H8Cl2N4O3S/c9-4-2-5(10)6(18(13,16)17)1-3(4)7(15)14-8(11)12/h1-2H,(H2,13,16,17)(H4,11,12,14,15). The van der Waals surface area contributed by atoms with E-state index in [1.807, 2.05) is 0 Å². The van der Waals surface area contributed by atoms with E-state index >= 15 is 0 Å². The van der Waals surface area contributed by atoms with Crippen LogP contribution >= 0.6 is 23.2 Å². The number of guanidine groups is 1. The molecule has 0 aromatic heterocycles. The molecule has 1 amide bonds. The molecule has 0 atom stereocenters. The van der Waals surface area contributed by atoms with Crippen molar-refractivity contribution in [2.45, 2.75) is 4.90 Å². The van der Waals surface area contributed by atoms with Crippen LogP contribution in [-0.2, 0) is 10.0 Å². The van der Waals surface area contributed by atoms with Crippen molar-refractivity contribution in [2.24, 2.45) is 21.6 Å². The highest BCUT2D eigenvalue weighted by molar-refractivity contribution is 7.89. The van der Waals surface area contributed by atoms with Crippen molar-refractivity contribution in [1.82, 2.24) is 0 Å². The van der Waals surface area contributed by atoms with Crippen LogP contribution in [0.5, 0.6) is 0 Å². The number of hydrogen-bond acceptors (Lipinski definition) is 3. The summed E-state index contributed by atoms with van der Waals surface area (Å²) in [6.45, 7) is 0. The van der Waals surface area contributed by atoms with Gasteiger partial charge in [-0.05, 0) is 12.1 Å². The first kappa shape index (κ1) is 14.7. The van der Waals surface area contributed by atoms with Gasteiger partial charge in [-0.15, -0.1) is 0 Å². The van der Waals surface area contributed by atoms with E-state index in [1.165, 1.54) is 0 Å². The van der Waals surface area contributed by atoms with Gasteiger partial charge in [-0.25, -0.2) is 13.6 Å². The molecule has 6 N–H and O–H groups in total. The largest absolute Gasteiger partial charge is 0.370 e. The highest BCUT2D eigenvalue weighted by atomic mass is 35.5. The number of halogens is 2. The number of amides is 1. The predicted octanol–water partition coefficient (Wildman–Crippen LogP) is 0.0544. The Morgan fingerprint density at radius 3 is 2.17 bits per heavy atom. The van der Waals surface area contributed by atoms with Crippen molar-refractivity contribution in [1.29, 1.82) is 0 Å². The van der Waals surface area contributed by atoms with Crippen LogP contribution in [-0.4, -0.2) is 20.3 Å². The third-order valence-electron chi connectivity index (χ3n) is 1.79. The second-order valence-corrected chi connectivity index (χ2v) is 5.49. The van der Waals surface area contributed by atoms with Crippen LogP contribution in [0.25, 0.3) is 0 Å².